The van der Waals surface area contributed by atoms with E-state index in [2.05, 4.69) is 18.0 Å². The van der Waals surface area contributed by atoms with Crippen LogP contribution in [0.1, 0.15) is 25.3 Å². The highest BCUT2D eigenvalue weighted by atomic mass is 14.8. The van der Waals surface area contributed by atoms with E-state index in [0.717, 1.165) is 18.8 Å². The first kappa shape index (κ1) is 7.74. The average Bonchev–Trinajstić information content (AvgIpc) is 2.04. The maximum atomic E-state index is 6.17. The molecule has 1 fully saturated rings. The highest BCUT2D eigenvalue weighted by Crippen LogP contribution is 2.42. The van der Waals surface area contributed by atoms with Crippen molar-refractivity contribution in [3.05, 3.63) is 30.1 Å². The minimum Gasteiger partial charge on any atom is -0.321 e. The summed E-state index contributed by atoms with van der Waals surface area (Å²) in [5.41, 5.74) is 7.28. The van der Waals surface area contributed by atoms with Gasteiger partial charge in [0.1, 0.15) is 0 Å². The quantitative estimate of drug-likeness (QED) is 0.682. The standard InChI is InChI=1S/C10H14N2/c1-8-5-10(11,6-8)9-3-2-4-12-7-9/h2-4,7-8H,5-6,11H2,1H3. The third kappa shape index (κ3) is 1.12. The van der Waals surface area contributed by atoms with Crippen molar-refractivity contribution in [2.75, 3.05) is 0 Å². The summed E-state index contributed by atoms with van der Waals surface area (Å²) >= 11 is 0. The summed E-state index contributed by atoms with van der Waals surface area (Å²) in [4.78, 5) is 4.08. The van der Waals surface area contributed by atoms with Crippen molar-refractivity contribution < 1.29 is 0 Å². The number of pyridine rings is 1. The smallest absolute Gasteiger partial charge is 0.0430 e. The molecular weight excluding hydrogens is 148 g/mol. The molecule has 0 bridgehead atoms. The SMILES string of the molecule is CC1CC(N)(c2cccnc2)C1. The molecule has 0 saturated heterocycles. The predicted octanol–water partition coefficient (Wildman–Crippen LogP) is 1.67. The van der Waals surface area contributed by atoms with Crippen molar-refractivity contribution in [2.45, 2.75) is 25.3 Å². The molecule has 1 aromatic heterocycles. The molecule has 0 radical (unpaired) electrons. The van der Waals surface area contributed by atoms with Gasteiger partial charge in [0, 0.05) is 17.9 Å². The van der Waals surface area contributed by atoms with Crippen LogP contribution in [0.2, 0.25) is 0 Å². The summed E-state index contributed by atoms with van der Waals surface area (Å²) in [6.07, 6.45) is 5.86. The fourth-order valence-corrected chi connectivity index (χ4v) is 2.08. The molecule has 1 heterocycles. The second kappa shape index (κ2) is 2.56. The fraction of sp³-hybridized carbons (Fsp3) is 0.500. The normalized spacial score (nSPS) is 34.3. The van der Waals surface area contributed by atoms with E-state index in [4.69, 9.17) is 5.73 Å². The molecule has 2 rings (SSSR count). The van der Waals surface area contributed by atoms with Crippen LogP contribution in [-0.2, 0) is 5.54 Å². The van der Waals surface area contributed by atoms with E-state index in [9.17, 15) is 0 Å². The fourth-order valence-electron chi connectivity index (χ4n) is 2.08. The molecule has 2 nitrogen and oxygen atoms in total. The Morgan fingerprint density at radius 1 is 1.58 bits per heavy atom. The molecule has 1 aromatic rings. The number of rotatable bonds is 1. The van der Waals surface area contributed by atoms with Crippen LogP contribution in [0.3, 0.4) is 0 Å². The van der Waals surface area contributed by atoms with Gasteiger partial charge in [-0.25, -0.2) is 0 Å². The summed E-state index contributed by atoms with van der Waals surface area (Å²) in [6, 6.07) is 4.02. The summed E-state index contributed by atoms with van der Waals surface area (Å²) in [6.45, 7) is 2.24. The molecule has 1 aliphatic carbocycles. The van der Waals surface area contributed by atoms with E-state index in [0.29, 0.717) is 0 Å². The van der Waals surface area contributed by atoms with Crippen LogP contribution < -0.4 is 5.73 Å². The van der Waals surface area contributed by atoms with Gasteiger partial charge in [-0.1, -0.05) is 13.0 Å². The Bertz CT molecular complexity index is 262. The number of aromatic nitrogens is 1. The number of nitrogens with zero attached hydrogens (tertiary/aromatic N) is 1. The first-order chi connectivity index (χ1) is 5.71. The zero-order valence-electron chi connectivity index (χ0n) is 7.33. The molecule has 2 heteroatoms. The molecule has 1 aliphatic rings. The van der Waals surface area contributed by atoms with Gasteiger partial charge in [-0.15, -0.1) is 0 Å². The van der Waals surface area contributed by atoms with Crippen LogP contribution in [0.5, 0.6) is 0 Å². The molecule has 64 valence electrons. The Balaban J connectivity index is 2.21. The summed E-state index contributed by atoms with van der Waals surface area (Å²) in [5.74, 6) is 0.773. The molecule has 0 aromatic carbocycles. The maximum Gasteiger partial charge on any atom is 0.0430 e. The highest BCUT2D eigenvalue weighted by Gasteiger charge is 2.39. The monoisotopic (exact) mass is 162 g/mol. The van der Waals surface area contributed by atoms with E-state index in [1.165, 1.54) is 5.56 Å². The van der Waals surface area contributed by atoms with Gasteiger partial charge in [0.25, 0.3) is 0 Å². The predicted molar refractivity (Wildman–Crippen MR) is 48.5 cm³/mol. The maximum absolute atomic E-state index is 6.17. The van der Waals surface area contributed by atoms with Crippen LogP contribution in [0.4, 0.5) is 0 Å². The lowest BCUT2D eigenvalue weighted by atomic mass is 9.67. The van der Waals surface area contributed by atoms with Crippen molar-refractivity contribution in [1.82, 2.24) is 4.98 Å². The Morgan fingerprint density at radius 2 is 2.33 bits per heavy atom. The van der Waals surface area contributed by atoms with E-state index < -0.39 is 0 Å². The van der Waals surface area contributed by atoms with Crippen molar-refractivity contribution in [3.63, 3.8) is 0 Å². The van der Waals surface area contributed by atoms with E-state index in [-0.39, 0.29) is 5.54 Å². The topological polar surface area (TPSA) is 38.9 Å². The summed E-state index contributed by atoms with van der Waals surface area (Å²) in [5, 5.41) is 0. The van der Waals surface area contributed by atoms with Gasteiger partial charge in [0.2, 0.25) is 0 Å². The minimum atomic E-state index is -0.0757. The Labute approximate surface area is 72.8 Å². The van der Waals surface area contributed by atoms with Gasteiger partial charge in [-0.3, -0.25) is 4.98 Å². The molecule has 0 aliphatic heterocycles. The highest BCUT2D eigenvalue weighted by molar-refractivity contribution is 5.23. The van der Waals surface area contributed by atoms with Crippen molar-refractivity contribution in [1.29, 1.82) is 0 Å². The van der Waals surface area contributed by atoms with Gasteiger partial charge >= 0.3 is 0 Å². The lowest BCUT2D eigenvalue weighted by molar-refractivity contribution is 0.163. The molecule has 0 spiro atoms. The van der Waals surface area contributed by atoms with Crippen molar-refractivity contribution in [2.24, 2.45) is 11.7 Å². The second-order valence-electron chi connectivity index (χ2n) is 3.91. The van der Waals surface area contributed by atoms with Gasteiger partial charge in [0.05, 0.1) is 0 Å². The number of nitrogens with two attached hydrogens (primary N) is 1. The molecule has 0 unspecified atom stereocenters. The van der Waals surface area contributed by atoms with Gasteiger partial charge in [-0.05, 0) is 30.4 Å². The molecule has 0 amide bonds. The third-order valence-electron chi connectivity index (χ3n) is 2.66. The zero-order valence-corrected chi connectivity index (χ0v) is 7.33. The summed E-state index contributed by atoms with van der Waals surface area (Å²) < 4.78 is 0. The number of hydrogen-bond acceptors (Lipinski definition) is 2. The lowest BCUT2D eigenvalue weighted by Gasteiger charge is -2.43. The van der Waals surface area contributed by atoms with Crippen LogP contribution in [0.15, 0.2) is 24.5 Å². The Morgan fingerprint density at radius 3 is 2.83 bits per heavy atom. The van der Waals surface area contributed by atoms with Crippen LogP contribution in [0, 0.1) is 5.92 Å². The van der Waals surface area contributed by atoms with E-state index in [1.807, 2.05) is 12.3 Å². The Kier molecular flexibility index (Phi) is 1.65. The zero-order chi connectivity index (χ0) is 8.60. The van der Waals surface area contributed by atoms with Gasteiger partial charge in [-0.2, -0.15) is 0 Å². The van der Waals surface area contributed by atoms with Gasteiger partial charge < -0.3 is 5.73 Å². The molecule has 0 atom stereocenters. The molecule has 12 heavy (non-hydrogen) atoms. The minimum absolute atomic E-state index is 0.0757. The van der Waals surface area contributed by atoms with Crippen LogP contribution in [0.25, 0.3) is 0 Å². The first-order valence-electron chi connectivity index (χ1n) is 4.40. The van der Waals surface area contributed by atoms with Gasteiger partial charge in [0.15, 0.2) is 0 Å². The number of hydrogen-bond donors (Lipinski definition) is 1. The lowest BCUT2D eigenvalue weighted by Crippen LogP contribution is -2.48. The van der Waals surface area contributed by atoms with Crippen LogP contribution >= 0.6 is 0 Å². The molecule has 1 saturated carbocycles. The molecule has 2 N–H and O–H groups in total. The van der Waals surface area contributed by atoms with Crippen molar-refractivity contribution in [3.8, 4) is 0 Å². The molecular formula is C10H14N2. The Hall–Kier alpha value is -0.890. The largest absolute Gasteiger partial charge is 0.321 e. The first-order valence-corrected chi connectivity index (χ1v) is 4.40. The van der Waals surface area contributed by atoms with Crippen LogP contribution in [-0.4, -0.2) is 4.98 Å². The summed E-state index contributed by atoms with van der Waals surface area (Å²) in [7, 11) is 0. The van der Waals surface area contributed by atoms with E-state index >= 15 is 0 Å². The third-order valence-corrected chi connectivity index (χ3v) is 2.66. The van der Waals surface area contributed by atoms with Crippen molar-refractivity contribution >= 4 is 0 Å². The second-order valence-corrected chi connectivity index (χ2v) is 3.91. The average molecular weight is 162 g/mol. The van der Waals surface area contributed by atoms with E-state index in [1.54, 1.807) is 6.20 Å².